The van der Waals surface area contributed by atoms with Gasteiger partial charge in [0, 0.05) is 18.1 Å². The molecule has 0 saturated carbocycles. The second-order valence-electron chi connectivity index (χ2n) is 4.83. The van der Waals surface area contributed by atoms with Crippen molar-refractivity contribution in [2.45, 2.75) is 12.5 Å². The highest BCUT2D eigenvalue weighted by Gasteiger charge is 2.29. The lowest BCUT2D eigenvalue weighted by Crippen LogP contribution is -2.16. The average molecular weight is 326 g/mol. The second kappa shape index (κ2) is 5.98. The van der Waals surface area contributed by atoms with Crippen molar-refractivity contribution in [2.75, 3.05) is 0 Å². The normalized spacial score (nSPS) is 13.0. The fourth-order valence-corrected chi connectivity index (χ4v) is 3.03. The maximum absolute atomic E-state index is 11.5. The van der Waals surface area contributed by atoms with E-state index in [2.05, 4.69) is 0 Å². The van der Waals surface area contributed by atoms with E-state index in [0.717, 1.165) is 12.1 Å². The van der Waals surface area contributed by atoms with Crippen LogP contribution in [0.3, 0.4) is 0 Å². The summed E-state index contributed by atoms with van der Waals surface area (Å²) in [6.45, 7) is 0. The summed E-state index contributed by atoms with van der Waals surface area (Å²) < 4.78 is 11.5. The number of hydrogen-bond donors (Lipinski definition) is 6. The van der Waals surface area contributed by atoms with Gasteiger partial charge in [0.25, 0.3) is 0 Å². The monoisotopic (exact) mass is 326 g/mol. The molecule has 2 aromatic rings. The maximum atomic E-state index is 11.5. The molecule has 8 heteroatoms. The molecule has 0 spiro atoms. The minimum atomic E-state index is -4.80. The van der Waals surface area contributed by atoms with Crippen LogP contribution in [0.25, 0.3) is 0 Å². The number of aliphatic hydroxyl groups excluding tert-OH is 1. The molecule has 7 nitrogen and oxygen atoms in total. The Balaban J connectivity index is 2.42. The fraction of sp³-hybridized carbons (Fsp3) is 0.143. The van der Waals surface area contributed by atoms with Gasteiger partial charge in [-0.1, -0.05) is 12.1 Å². The van der Waals surface area contributed by atoms with Crippen molar-refractivity contribution in [3.63, 3.8) is 0 Å². The largest absolute Gasteiger partial charge is 0.508 e. The van der Waals surface area contributed by atoms with E-state index < -0.39 is 30.5 Å². The molecular formula is C14H15O7P. The lowest BCUT2D eigenvalue weighted by atomic mass is 10.0. The van der Waals surface area contributed by atoms with Gasteiger partial charge in [-0.15, -0.1) is 0 Å². The van der Waals surface area contributed by atoms with E-state index in [4.69, 9.17) is 0 Å². The molecule has 118 valence electrons. The van der Waals surface area contributed by atoms with E-state index in [1.807, 2.05) is 0 Å². The first-order valence-electron chi connectivity index (χ1n) is 6.26. The molecule has 1 atom stereocenters. The van der Waals surface area contributed by atoms with Crippen LogP contribution in [-0.2, 0) is 11.0 Å². The zero-order chi connectivity index (χ0) is 16.5. The number of aromatic hydroxyl groups is 3. The van der Waals surface area contributed by atoms with Crippen molar-refractivity contribution in [3.05, 3.63) is 47.5 Å². The van der Waals surface area contributed by atoms with E-state index in [0.29, 0.717) is 5.56 Å². The van der Waals surface area contributed by atoms with Crippen molar-refractivity contribution in [1.82, 2.24) is 0 Å². The first-order chi connectivity index (χ1) is 10.2. The van der Waals surface area contributed by atoms with Gasteiger partial charge in [0.2, 0.25) is 0 Å². The Kier molecular flexibility index (Phi) is 4.44. The molecule has 0 heterocycles. The standard InChI is InChI=1S/C14H15O7P/c15-9-3-1-8(2-4-9)5-11(17)14-12(18)6-10(16)7-13(14)22(19,20)21/h1-4,6-7,11,15-18H,5H2,(H2,19,20,21). The summed E-state index contributed by atoms with van der Waals surface area (Å²) in [6, 6.07) is 7.59. The van der Waals surface area contributed by atoms with Crippen LogP contribution in [0.2, 0.25) is 0 Å². The third kappa shape index (κ3) is 3.58. The van der Waals surface area contributed by atoms with Crippen molar-refractivity contribution < 1.29 is 34.8 Å². The zero-order valence-electron chi connectivity index (χ0n) is 11.3. The first-order valence-corrected chi connectivity index (χ1v) is 7.87. The van der Waals surface area contributed by atoms with Crippen molar-refractivity contribution in [1.29, 1.82) is 0 Å². The highest BCUT2D eigenvalue weighted by Crippen LogP contribution is 2.41. The van der Waals surface area contributed by atoms with E-state index in [1.54, 1.807) is 0 Å². The van der Waals surface area contributed by atoms with Gasteiger partial charge in [-0.3, -0.25) is 4.57 Å². The molecule has 0 bridgehead atoms. The molecule has 0 aliphatic carbocycles. The topological polar surface area (TPSA) is 138 Å². The summed E-state index contributed by atoms with van der Waals surface area (Å²) in [6.07, 6.45) is -1.43. The van der Waals surface area contributed by atoms with Gasteiger partial charge in [0.05, 0.1) is 11.4 Å². The quantitative estimate of drug-likeness (QED) is 0.459. The molecule has 22 heavy (non-hydrogen) atoms. The minimum Gasteiger partial charge on any atom is -0.508 e. The fourth-order valence-electron chi connectivity index (χ4n) is 2.15. The first kappa shape index (κ1) is 16.3. The molecule has 0 aliphatic rings. The summed E-state index contributed by atoms with van der Waals surface area (Å²) in [5, 5.41) is 38.0. The summed E-state index contributed by atoms with van der Waals surface area (Å²) in [5.41, 5.74) is 0.258. The Labute approximate surface area is 125 Å². The van der Waals surface area contributed by atoms with Crippen LogP contribution >= 0.6 is 7.60 Å². The van der Waals surface area contributed by atoms with Crippen molar-refractivity contribution in [3.8, 4) is 17.2 Å². The van der Waals surface area contributed by atoms with E-state index in [-0.39, 0.29) is 17.7 Å². The molecule has 0 radical (unpaired) electrons. The summed E-state index contributed by atoms with van der Waals surface area (Å²) >= 11 is 0. The average Bonchev–Trinajstić information content (AvgIpc) is 2.39. The molecule has 6 N–H and O–H groups in total. The van der Waals surface area contributed by atoms with Crippen molar-refractivity contribution in [2.24, 2.45) is 0 Å². The third-order valence-corrected chi connectivity index (χ3v) is 4.13. The molecule has 0 aliphatic heterocycles. The molecule has 1 unspecified atom stereocenters. The Hall–Kier alpha value is -2.05. The van der Waals surface area contributed by atoms with Gasteiger partial charge in [-0.05, 0) is 23.8 Å². The van der Waals surface area contributed by atoms with Gasteiger partial charge in [-0.25, -0.2) is 0 Å². The molecule has 0 amide bonds. The zero-order valence-corrected chi connectivity index (χ0v) is 12.2. The summed E-state index contributed by atoms with van der Waals surface area (Å²) in [7, 11) is -4.80. The molecule has 2 rings (SSSR count). The Morgan fingerprint density at radius 1 is 0.955 bits per heavy atom. The van der Waals surface area contributed by atoms with Crippen LogP contribution < -0.4 is 5.30 Å². The molecule has 0 fully saturated rings. The van der Waals surface area contributed by atoms with Crippen LogP contribution in [0.15, 0.2) is 36.4 Å². The summed E-state index contributed by atoms with van der Waals surface area (Å²) in [5.74, 6) is -1.08. The SMILES string of the molecule is O=P(O)(O)c1cc(O)cc(O)c1C(O)Cc1ccc(O)cc1. The Morgan fingerprint density at radius 2 is 1.55 bits per heavy atom. The van der Waals surface area contributed by atoms with Crippen molar-refractivity contribution >= 4 is 12.9 Å². The lowest BCUT2D eigenvalue weighted by molar-refractivity contribution is 0.175. The van der Waals surface area contributed by atoms with Gasteiger partial charge in [0.1, 0.15) is 17.2 Å². The number of phenolic OH excluding ortho intramolecular Hbond substituents is 3. The molecule has 0 aromatic heterocycles. The van der Waals surface area contributed by atoms with Gasteiger partial charge >= 0.3 is 7.60 Å². The van der Waals surface area contributed by atoms with Gasteiger partial charge in [-0.2, -0.15) is 0 Å². The van der Waals surface area contributed by atoms with E-state index in [9.17, 15) is 34.8 Å². The van der Waals surface area contributed by atoms with Crippen LogP contribution in [0, 0.1) is 0 Å². The third-order valence-electron chi connectivity index (χ3n) is 3.13. The number of phenols is 3. The predicted molar refractivity (Wildman–Crippen MR) is 78.2 cm³/mol. The Morgan fingerprint density at radius 3 is 2.09 bits per heavy atom. The van der Waals surface area contributed by atoms with Crippen LogP contribution in [-0.4, -0.2) is 30.2 Å². The van der Waals surface area contributed by atoms with E-state index >= 15 is 0 Å². The molecular weight excluding hydrogens is 311 g/mol. The maximum Gasteiger partial charge on any atom is 0.356 e. The summed E-state index contributed by atoms with van der Waals surface area (Å²) in [4.78, 5) is 18.6. The number of aliphatic hydroxyl groups is 1. The predicted octanol–water partition coefficient (Wildman–Crippen LogP) is 0.882. The smallest absolute Gasteiger partial charge is 0.356 e. The Bertz CT molecular complexity index is 721. The molecule has 0 saturated heterocycles. The van der Waals surface area contributed by atoms with Crippen LogP contribution in [0.4, 0.5) is 0 Å². The highest BCUT2D eigenvalue weighted by molar-refractivity contribution is 7.60. The van der Waals surface area contributed by atoms with E-state index in [1.165, 1.54) is 24.3 Å². The van der Waals surface area contributed by atoms with Gasteiger partial charge < -0.3 is 30.2 Å². The molecule has 2 aromatic carbocycles. The highest BCUT2D eigenvalue weighted by atomic mass is 31.2. The lowest BCUT2D eigenvalue weighted by Gasteiger charge is -2.18. The minimum absolute atomic E-state index is 0.0361. The number of benzene rings is 2. The van der Waals surface area contributed by atoms with Gasteiger partial charge in [0.15, 0.2) is 0 Å². The second-order valence-corrected chi connectivity index (χ2v) is 6.40. The van der Waals surface area contributed by atoms with Crippen LogP contribution in [0.1, 0.15) is 17.2 Å². The number of hydrogen-bond acceptors (Lipinski definition) is 5. The number of rotatable bonds is 4. The van der Waals surface area contributed by atoms with Crippen LogP contribution in [0.5, 0.6) is 17.2 Å².